The van der Waals surface area contributed by atoms with Crippen molar-refractivity contribution in [1.82, 2.24) is 14.5 Å². The minimum Gasteiger partial charge on any atom is -0.369 e. The summed E-state index contributed by atoms with van der Waals surface area (Å²) in [5, 5.41) is 2.74. The van der Waals surface area contributed by atoms with E-state index in [2.05, 4.69) is 10.2 Å². The lowest BCUT2D eigenvalue weighted by Gasteiger charge is -2.35. The zero-order valence-corrected chi connectivity index (χ0v) is 14.2. The zero-order chi connectivity index (χ0) is 16.6. The second-order valence-electron chi connectivity index (χ2n) is 5.72. The average Bonchev–Trinajstić information content (AvgIpc) is 3.05. The first-order chi connectivity index (χ1) is 11.0. The highest BCUT2D eigenvalue weighted by molar-refractivity contribution is 7.89. The quantitative estimate of drug-likeness (QED) is 0.902. The van der Waals surface area contributed by atoms with Crippen LogP contribution in [-0.2, 0) is 14.8 Å². The fourth-order valence-electron chi connectivity index (χ4n) is 3.19. The Morgan fingerprint density at radius 1 is 1.22 bits per heavy atom. The number of rotatable bonds is 3. The Morgan fingerprint density at radius 2 is 1.87 bits per heavy atom. The lowest BCUT2D eigenvalue weighted by molar-refractivity contribution is -0.118. The van der Waals surface area contributed by atoms with Crippen LogP contribution in [0.3, 0.4) is 0 Å². The third-order valence-corrected chi connectivity index (χ3v) is 6.11. The topological polar surface area (TPSA) is 69.7 Å². The molecule has 7 heteroatoms. The predicted octanol–water partition coefficient (Wildman–Crippen LogP) is 1.22. The Kier molecular flexibility index (Phi) is 4.06. The molecule has 0 radical (unpaired) electrons. The molecule has 2 aliphatic rings. The van der Waals surface area contributed by atoms with Crippen LogP contribution >= 0.6 is 0 Å². The number of likely N-dealkylation sites (N-methyl/N-ethyl adjacent to an activating group) is 2. The lowest BCUT2D eigenvalue weighted by Crippen LogP contribution is -2.42. The summed E-state index contributed by atoms with van der Waals surface area (Å²) in [5.41, 5.74) is 1.56. The third kappa shape index (κ3) is 2.49. The van der Waals surface area contributed by atoms with Crippen molar-refractivity contribution in [3.63, 3.8) is 0 Å². The number of amides is 1. The Hall–Kier alpha value is -2.02. The van der Waals surface area contributed by atoms with Gasteiger partial charge in [0.25, 0.3) is 15.9 Å². The van der Waals surface area contributed by atoms with Crippen LogP contribution in [0, 0.1) is 0 Å². The molecule has 1 N–H and O–H groups in total. The molecular weight excluding hydrogens is 314 g/mol. The summed E-state index contributed by atoms with van der Waals surface area (Å²) in [6.07, 6.45) is 2.09. The smallest absolute Gasteiger partial charge is 0.270 e. The Morgan fingerprint density at radius 3 is 2.52 bits per heavy atom. The molecule has 0 bridgehead atoms. The number of carbonyl (C=O) groups excluding carboxylic acids is 1. The minimum atomic E-state index is -3.71. The molecule has 2 aliphatic heterocycles. The predicted molar refractivity (Wildman–Crippen MR) is 87.8 cm³/mol. The largest absolute Gasteiger partial charge is 0.369 e. The van der Waals surface area contributed by atoms with Gasteiger partial charge in [0.1, 0.15) is 5.70 Å². The number of fused-ring (bicyclic) bond motifs is 1. The molecule has 0 unspecified atom stereocenters. The SMILES string of the molecule is CCNC(=O)C1=C(N2CCCC2)c2ccccc2S(=O)(=O)N1C. The summed E-state index contributed by atoms with van der Waals surface area (Å²) in [4.78, 5) is 15.0. The number of sulfonamides is 1. The van der Waals surface area contributed by atoms with Gasteiger partial charge in [-0.2, -0.15) is 0 Å². The second-order valence-corrected chi connectivity index (χ2v) is 7.66. The van der Waals surface area contributed by atoms with Gasteiger partial charge in [-0.05, 0) is 25.8 Å². The van der Waals surface area contributed by atoms with E-state index < -0.39 is 10.0 Å². The fraction of sp³-hybridized carbons (Fsp3) is 0.438. The molecule has 1 aromatic carbocycles. The molecule has 1 aromatic rings. The molecular formula is C16H21N3O3S. The number of nitrogens with one attached hydrogen (secondary N) is 1. The van der Waals surface area contributed by atoms with Gasteiger partial charge < -0.3 is 10.2 Å². The van der Waals surface area contributed by atoms with Gasteiger partial charge in [0.15, 0.2) is 0 Å². The summed E-state index contributed by atoms with van der Waals surface area (Å²) < 4.78 is 26.7. The molecule has 0 saturated carbocycles. The maximum Gasteiger partial charge on any atom is 0.270 e. The summed E-state index contributed by atoms with van der Waals surface area (Å²) in [6, 6.07) is 6.91. The van der Waals surface area contributed by atoms with Crippen LogP contribution in [0.15, 0.2) is 34.9 Å². The van der Waals surface area contributed by atoms with Crippen LogP contribution in [0.2, 0.25) is 0 Å². The number of likely N-dealkylation sites (tertiary alicyclic amines) is 1. The minimum absolute atomic E-state index is 0.215. The number of nitrogens with zero attached hydrogens (tertiary/aromatic N) is 2. The molecule has 6 nitrogen and oxygen atoms in total. The van der Waals surface area contributed by atoms with E-state index in [9.17, 15) is 13.2 Å². The van der Waals surface area contributed by atoms with E-state index in [0.717, 1.165) is 35.9 Å². The van der Waals surface area contributed by atoms with Crippen molar-refractivity contribution in [3.05, 3.63) is 35.5 Å². The van der Waals surface area contributed by atoms with Crippen LogP contribution in [0.5, 0.6) is 0 Å². The van der Waals surface area contributed by atoms with Crippen LogP contribution < -0.4 is 5.32 Å². The highest BCUT2D eigenvalue weighted by Crippen LogP contribution is 2.38. The summed E-state index contributed by atoms with van der Waals surface area (Å²) in [7, 11) is -2.26. The van der Waals surface area contributed by atoms with Crippen molar-refractivity contribution >= 4 is 21.6 Å². The van der Waals surface area contributed by atoms with Crippen LogP contribution in [0.4, 0.5) is 0 Å². The van der Waals surface area contributed by atoms with Gasteiger partial charge in [-0.1, -0.05) is 18.2 Å². The first-order valence-electron chi connectivity index (χ1n) is 7.84. The van der Waals surface area contributed by atoms with Crippen molar-refractivity contribution in [2.24, 2.45) is 0 Å². The summed E-state index contributed by atoms with van der Waals surface area (Å²) >= 11 is 0. The molecule has 23 heavy (non-hydrogen) atoms. The van der Waals surface area contributed by atoms with E-state index >= 15 is 0 Å². The monoisotopic (exact) mass is 335 g/mol. The maximum absolute atomic E-state index is 12.8. The average molecular weight is 335 g/mol. The second kappa shape index (κ2) is 5.88. The maximum atomic E-state index is 12.8. The van der Waals surface area contributed by atoms with Gasteiger partial charge in [-0.3, -0.25) is 9.10 Å². The first-order valence-corrected chi connectivity index (χ1v) is 9.28. The summed E-state index contributed by atoms with van der Waals surface area (Å²) in [5.74, 6) is -0.352. The van der Waals surface area contributed by atoms with Gasteiger partial charge in [0.2, 0.25) is 0 Å². The number of carbonyl (C=O) groups is 1. The number of hydrogen-bond donors (Lipinski definition) is 1. The van der Waals surface area contributed by atoms with E-state index in [1.54, 1.807) is 18.2 Å². The van der Waals surface area contributed by atoms with E-state index in [1.807, 2.05) is 13.0 Å². The molecule has 0 spiro atoms. The molecule has 0 aliphatic carbocycles. The number of hydrogen-bond acceptors (Lipinski definition) is 4. The third-order valence-electron chi connectivity index (χ3n) is 4.29. The zero-order valence-electron chi connectivity index (χ0n) is 13.4. The van der Waals surface area contributed by atoms with Crippen molar-refractivity contribution in [2.45, 2.75) is 24.7 Å². The molecule has 1 amide bonds. The molecule has 124 valence electrons. The molecule has 1 saturated heterocycles. The Bertz CT molecular complexity index is 765. The van der Waals surface area contributed by atoms with Gasteiger partial charge in [-0.25, -0.2) is 8.42 Å². The Balaban J connectivity index is 2.28. The fourth-order valence-corrected chi connectivity index (χ4v) is 4.59. The van der Waals surface area contributed by atoms with E-state index in [0.29, 0.717) is 12.1 Å². The molecule has 2 heterocycles. The van der Waals surface area contributed by atoms with Crippen LogP contribution in [-0.4, -0.2) is 50.2 Å². The lowest BCUT2D eigenvalue weighted by atomic mass is 10.1. The van der Waals surface area contributed by atoms with Crippen LogP contribution in [0.1, 0.15) is 25.3 Å². The van der Waals surface area contributed by atoms with Crippen molar-refractivity contribution < 1.29 is 13.2 Å². The molecule has 0 atom stereocenters. The van der Waals surface area contributed by atoms with Crippen molar-refractivity contribution in [3.8, 4) is 0 Å². The highest BCUT2D eigenvalue weighted by atomic mass is 32.2. The standard InChI is InChI=1S/C16H21N3O3S/c1-3-17-16(20)15-14(19-10-6-7-11-19)12-8-4-5-9-13(12)23(21,22)18(15)2/h4-5,8-9H,3,6-7,10-11H2,1-2H3,(H,17,20). The van der Waals surface area contributed by atoms with Gasteiger partial charge >= 0.3 is 0 Å². The van der Waals surface area contributed by atoms with E-state index in [-0.39, 0.29) is 16.5 Å². The van der Waals surface area contributed by atoms with Crippen molar-refractivity contribution in [1.29, 1.82) is 0 Å². The molecule has 1 fully saturated rings. The van der Waals surface area contributed by atoms with Gasteiger partial charge in [0.05, 0.1) is 10.6 Å². The van der Waals surface area contributed by atoms with E-state index in [4.69, 9.17) is 0 Å². The number of benzene rings is 1. The van der Waals surface area contributed by atoms with Gasteiger partial charge in [0, 0.05) is 32.2 Å². The van der Waals surface area contributed by atoms with Gasteiger partial charge in [-0.15, -0.1) is 0 Å². The summed E-state index contributed by atoms with van der Waals surface area (Å²) in [6.45, 7) is 3.94. The van der Waals surface area contributed by atoms with Crippen LogP contribution in [0.25, 0.3) is 5.70 Å². The Labute approximate surface area is 136 Å². The first kappa shape index (κ1) is 15.9. The van der Waals surface area contributed by atoms with E-state index in [1.165, 1.54) is 7.05 Å². The molecule has 0 aromatic heterocycles. The molecule has 3 rings (SSSR count). The van der Waals surface area contributed by atoms with Crippen molar-refractivity contribution in [2.75, 3.05) is 26.7 Å². The highest BCUT2D eigenvalue weighted by Gasteiger charge is 2.39. The normalized spacial score (nSPS) is 19.7.